The van der Waals surface area contributed by atoms with Crippen LogP contribution in [0.25, 0.3) is 5.57 Å². The number of hydrogen-bond acceptors (Lipinski definition) is 3. The lowest BCUT2D eigenvalue weighted by atomic mass is 9.99. The summed E-state index contributed by atoms with van der Waals surface area (Å²) in [5.74, 6) is 0.118. The standard InChI is InChI=1S/C23H19F3N2O/c1-16(7-8-17-9-11-18(15-29)12-10-17)20-13-14-21(23(24,25)26)28-22(20)27-19-5-3-2-4-6-19/h2-6,9-15H,1,7-8H2,(H,27,28). The van der Waals surface area contributed by atoms with Gasteiger partial charge in [-0.3, -0.25) is 4.79 Å². The molecule has 0 aliphatic heterocycles. The van der Waals surface area contributed by atoms with Gasteiger partial charge in [-0.05, 0) is 48.2 Å². The molecule has 1 heterocycles. The van der Waals surface area contributed by atoms with Crippen LogP contribution in [0.4, 0.5) is 24.7 Å². The second-order valence-corrected chi connectivity index (χ2v) is 6.54. The van der Waals surface area contributed by atoms with Gasteiger partial charge in [0.05, 0.1) is 0 Å². The van der Waals surface area contributed by atoms with Crippen LogP contribution in [-0.2, 0) is 12.6 Å². The molecule has 0 bridgehead atoms. The van der Waals surface area contributed by atoms with Gasteiger partial charge in [0.1, 0.15) is 17.8 Å². The number of nitrogens with one attached hydrogen (secondary N) is 1. The first-order chi connectivity index (χ1) is 13.9. The zero-order valence-corrected chi connectivity index (χ0v) is 15.5. The van der Waals surface area contributed by atoms with Gasteiger partial charge in [0.25, 0.3) is 0 Å². The molecule has 0 fully saturated rings. The van der Waals surface area contributed by atoms with Crippen LogP contribution in [0.3, 0.4) is 0 Å². The molecule has 0 saturated carbocycles. The van der Waals surface area contributed by atoms with Crippen molar-refractivity contribution < 1.29 is 18.0 Å². The van der Waals surface area contributed by atoms with Crippen LogP contribution >= 0.6 is 0 Å². The number of aromatic nitrogens is 1. The highest BCUT2D eigenvalue weighted by Gasteiger charge is 2.33. The van der Waals surface area contributed by atoms with Crippen LogP contribution in [0, 0.1) is 0 Å². The van der Waals surface area contributed by atoms with Crippen molar-refractivity contribution in [1.29, 1.82) is 0 Å². The van der Waals surface area contributed by atoms with Gasteiger partial charge >= 0.3 is 6.18 Å². The van der Waals surface area contributed by atoms with E-state index in [2.05, 4.69) is 16.9 Å². The van der Waals surface area contributed by atoms with E-state index in [-0.39, 0.29) is 5.82 Å². The first kappa shape index (κ1) is 20.3. The first-order valence-electron chi connectivity index (χ1n) is 8.99. The summed E-state index contributed by atoms with van der Waals surface area (Å²) >= 11 is 0. The fourth-order valence-corrected chi connectivity index (χ4v) is 2.85. The maximum absolute atomic E-state index is 13.1. The zero-order chi connectivity index (χ0) is 20.9. The predicted molar refractivity (Wildman–Crippen MR) is 108 cm³/mol. The van der Waals surface area contributed by atoms with Gasteiger partial charge in [0.2, 0.25) is 0 Å². The third kappa shape index (κ3) is 5.31. The average molecular weight is 396 g/mol. The van der Waals surface area contributed by atoms with E-state index in [0.29, 0.717) is 35.2 Å². The molecule has 0 aliphatic carbocycles. The van der Waals surface area contributed by atoms with Crippen LogP contribution in [0.15, 0.2) is 73.3 Å². The first-order valence-corrected chi connectivity index (χ1v) is 8.99. The molecule has 6 heteroatoms. The molecule has 3 aromatic rings. The number of aldehydes is 1. The molecule has 0 aliphatic rings. The number of benzene rings is 2. The number of allylic oxidation sites excluding steroid dienone is 1. The predicted octanol–water partition coefficient (Wildman–Crippen LogP) is 6.30. The number of hydrogen-bond donors (Lipinski definition) is 1. The minimum atomic E-state index is -4.53. The van der Waals surface area contributed by atoms with Crippen molar-refractivity contribution in [2.75, 3.05) is 5.32 Å². The fraction of sp³-hybridized carbons (Fsp3) is 0.130. The van der Waals surface area contributed by atoms with Crippen LogP contribution in [0.2, 0.25) is 0 Å². The molecule has 0 unspecified atom stereocenters. The van der Waals surface area contributed by atoms with Gasteiger partial charge < -0.3 is 5.32 Å². The second kappa shape index (κ2) is 8.73. The Bertz CT molecular complexity index is 997. The molecule has 3 rings (SSSR count). The summed E-state index contributed by atoms with van der Waals surface area (Å²) < 4.78 is 39.4. The van der Waals surface area contributed by atoms with Gasteiger partial charge in [-0.2, -0.15) is 13.2 Å². The number of halogens is 3. The zero-order valence-electron chi connectivity index (χ0n) is 15.5. The molecule has 0 atom stereocenters. The van der Waals surface area contributed by atoms with Gasteiger partial charge in [-0.15, -0.1) is 0 Å². The van der Waals surface area contributed by atoms with Gasteiger partial charge in [0.15, 0.2) is 0 Å². The lowest BCUT2D eigenvalue weighted by molar-refractivity contribution is -0.141. The third-order valence-electron chi connectivity index (χ3n) is 4.43. The Labute approximate surface area is 166 Å². The Hall–Kier alpha value is -3.41. The fourth-order valence-electron chi connectivity index (χ4n) is 2.85. The maximum Gasteiger partial charge on any atom is 0.433 e. The Kier molecular flexibility index (Phi) is 6.12. The number of para-hydroxylation sites is 1. The van der Waals surface area contributed by atoms with Crippen molar-refractivity contribution in [3.8, 4) is 0 Å². The topological polar surface area (TPSA) is 42.0 Å². The van der Waals surface area contributed by atoms with Crippen LogP contribution < -0.4 is 5.32 Å². The highest BCUT2D eigenvalue weighted by Crippen LogP contribution is 2.33. The number of anilines is 2. The normalized spacial score (nSPS) is 11.1. The van der Waals surface area contributed by atoms with Crippen LogP contribution in [-0.4, -0.2) is 11.3 Å². The highest BCUT2D eigenvalue weighted by atomic mass is 19.4. The van der Waals surface area contributed by atoms with E-state index < -0.39 is 11.9 Å². The number of carbonyl (C=O) groups excluding carboxylic acids is 1. The van der Waals surface area contributed by atoms with Crippen molar-refractivity contribution in [3.63, 3.8) is 0 Å². The van der Waals surface area contributed by atoms with E-state index in [4.69, 9.17) is 0 Å². The molecular weight excluding hydrogens is 377 g/mol. The summed E-state index contributed by atoms with van der Waals surface area (Å²) in [6, 6.07) is 18.4. The number of nitrogens with zero attached hydrogens (tertiary/aromatic N) is 1. The molecule has 0 saturated heterocycles. The smallest absolute Gasteiger partial charge is 0.340 e. The SMILES string of the molecule is C=C(CCc1ccc(C=O)cc1)c1ccc(C(F)(F)F)nc1Nc1ccccc1. The molecule has 29 heavy (non-hydrogen) atoms. The number of alkyl halides is 3. The summed E-state index contributed by atoms with van der Waals surface area (Å²) in [6.45, 7) is 4.05. The largest absolute Gasteiger partial charge is 0.433 e. The molecule has 0 spiro atoms. The van der Waals surface area contributed by atoms with Crippen molar-refractivity contribution in [2.24, 2.45) is 0 Å². The van der Waals surface area contributed by atoms with Crippen molar-refractivity contribution in [3.05, 3.63) is 95.7 Å². The quantitative estimate of drug-likeness (QED) is 0.476. The van der Waals surface area contributed by atoms with Crippen molar-refractivity contribution >= 4 is 23.4 Å². The summed E-state index contributed by atoms with van der Waals surface area (Å²) in [7, 11) is 0. The van der Waals surface area contributed by atoms with E-state index in [9.17, 15) is 18.0 Å². The van der Waals surface area contributed by atoms with E-state index >= 15 is 0 Å². The molecular formula is C23H19F3N2O. The Morgan fingerprint density at radius 1 is 1.00 bits per heavy atom. The van der Waals surface area contributed by atoms with Crippen molar-refractivity contribution in [2.45, 2.75) is 19.0 Å². The molecule has 1 aromatic heterocycles. The minimum absolute atomic E-state index is 0.118. The Balaban J connectivity index is 1.83. The van der Waals surface area contributed by atoms with Gasteiger partial charge in [-0.1, -0.05) is 49.0 Å². The molecule has 0 radical (unpaired) electrons. The lowest BCUT2D eigenvalue weighted by Gasteiger charge is -2.16. The molecule has 1 N–H and O–H groups in total. The number of carbonyl (C=O) groups is 1. The molecule has 2 aromatic carbocycles. The van der Waals surface area contributed by atoms with Crippen LogP contribution in [0.5, 0.6) is 0 Å². The molecule has 0 amide bonds. The van der Waals surface area contributed by atoms with Crippen molar-refractivity contribution in [1.82, 2.24) is 4.98 Å². The molecule has 148 valence electrons. The number of aryl methyl sites for hydroxylation is 1. The summed E-state index contributed by atoms with van der Waals surface area (Å²) in [4.78, 5) is 14.5. The van der Waals surface area contributed by atoms with Gasteiger partial charge in [0, 0.05) is 16.8 Å². The van der Waals surface area contributed by atoms with Crippen LogP contribution in [0.1, 0.15) is 33.6 Å². The number of rotatable bonds is 7. The van der Waals surface area contributed by atoms with E-state index in [1.54, 1.807) is 36.4 Å². The lowest BCUT2D eigenvalue weighted by Crippen LogP contribution is -2.10. The Morgan fingerprint density at radius 3 is 2.31 bits per heavy atom. The summed E-state index contributed by atoms with van der Waals surface area (Å²) in [6.07, 6.45) is -2.58. The third-order valence-corrected chi connectivity index (χ3v) is 4.43. The number of pyridine rings is 1. The van der Waals surface area contributed by atoms with E-state index in [0.717, 1.165) is 17.9 Å². The second-order valence-electron chi connectivity index (χ2n) is 6.54. The molecule has 3 nitrogen and oxygen atoms in total. The summed E-state index contributed by atoms with van der Waals surface area (Å²) in [5, 5.41) is 2.97. The minimum Gasteiger partial charge on any atom is -0.340 e. The summed E-state index contributed by atoms with van der Waals surface area (Å²) in [5.41, 5.74) is 2.48. The van der Waals surface area contributed by atoms with Gasteiger partial charge in [-0.25, -0.2) is 4.98 Å². The average Bonchev–Trinajstić information content (AvgIpc) is 2.72. The van der Waals surface area contributed by atoms with E-state index in [1.165, 1.54) is 6.07 Å². The monoisotopic (exact) mass is 396 g/mol. The highest BCUT2D eigenvalue weighted by molar-refractivity contribution is 5.76. The maximum atomic E-state index is 13.1. The Morgan fingerprint density at radius 2 is 1.69 bits per heavy atom. The van der Waals surface area contributed by atoms with E-state index in [1.807, 2.05) is 18.2 Å².